The van der Waals surface area contributed by atoms with E-state index in [4.69, 9.17) is 0 Å². The zero-order chi connectivity index (χ0) is 15.7. The summed E-state index contributed by atoms with van der Waals surface area (Å²) in [6.07, 6.45) is 1.63. The molecule has 3 aromatic rings. The minimum atomic E-state index is -0.116. The predicted octanol–water partition coefficient (Wildman–Crippen LogP) is 4.20. The third-order valence-corrected chi connectivity index (χ3v) is 3.96. The number of para-hydroxylation sites is 1. The molecule has 0 saturated heterocycles. The highest BCUT2D eigenvalue weighted by Crippen LogP contribution is 2.18. The number of benzene rings is 2. The molecule has 0 aliphatic carbocycles. The van der Waals surface area contributed by atoms with E-state index in [9.17, 15) is 4.79 Å². The first-order valence-electron chi connectivity index (χ1n) is 7.28. The van der Waals surface area contributed by atoms with Gasteiger partial charge in [0.15, 0.2) is 0 Å². The summed E-state index contributed by atoms with van der Waals surface area (Å²) in [6.45, 7) is 6.11. The highest BCUT2D eigenvalue weighted by molar-refractivity contribution is 5.89. The van der Waals surface area contributed by atoms with Crippen molar-refractivity contribution >= 4 is 22.8 Å². The van der Waals surface area contributed by atoms with Crippen LogP contribution in [-0.2, 0) is 0 Å². The fourth-order valence-corrected chi connectivity index (χ4v) is 2.45. The Labute approximate surface area is 129 Å². The molecular weight excluding hydrogens is 272 g/mol. The van der Waals surface area contributed by atoms with Crippen LogP contribution in [0.3, 0.4) is 0 Å². The molecular formula is C19H18N2O. The average Bonchev–Trinajstić information content (AvgIpc) is 2.49. The van der Waals surface area contributed by atoms with Crippen molar-refractivity contribution in [3.05, 3.63) is 75.1 Å². The van der Waals surface area contributed by atoms with Crippen molar-refractivity contribution in [2.45, 2.75) is 20.8 Å². The lowest BCUT2D eigenvalue weighted by Gasteiger charge is -2.03. The zero-order valence-corrected chi connectivity index (χ0v) is 13.0. The van der Waals surface area contributed by atoms with E-state index in [1.54, 1.807) is 6.21 Å². The monoisotopic (exact) mass is 290 g/mol. The number of nitrogens with one attached hydrogen (secondary N) is 1. The number of aryl methyl sites for hydroxylation is 3. The molecule has 1 N–H and O–H groups in total. The molecule has 22 heavy (non-hydrogen) atoms. The van der Waals surface area contributed by atoms with Crippen molar-refractivity contribution in [3.63, 3.8) is 0 Å². The third-order valence-electron chi connectivity index (χ3n) is 3.96. The van der Waals surface area contributed by atoms with Crippen LogP contribution >= 0.6 is 0 Å². The average molecular weight is 290 g/mol. The largest absolute Gasteiger partial charge is 0.321 e. The normalized spacial score (nSPS) is 11.4. The minimum Gasteiger partial charge on any atom is -0.321 e. The fraction of sp³-hybridized carbons (Fsp3) is 0.158. The number of fused-ring (bicyclic) bond motifs is 1. The van der Waals surface area contributed by atoms with Gasteiger partial charge in [0.2, 0.25) is 0 Å². The summed E-state index contributed by atoms with van der Waals surface area (Å²) >= 11 is 0. The van der Waals surface area contributed by atoms with E-state index in [2.05, 4.69) is 23.8 Å². The first kappa shape index (κ1) is 14.3. The van der Waals surface area contributed by atoms with Crippen LogP contribution in [-0.4, -0.2) is 11.2 Å². The van der Waals surface area contributed by atoms with Gasteiger partial charge in [0.05, 0.1) is 16.8 Å². The Morgan fingerprint density at radius 3 is 2.55 bits per heavy atom. The number of hydrogen-bond acceptors (Lipinski definition) is 2. The Morgan fingerprint density at radius 1 is 0.955 bits per heavy atom. The number of nitrogens with zero attached hydrogens (tertiary/aromatic N) is 1. The Balaban J connectivity index is 2.03. The van der Waals surface area contributed by atoms with Gasteiger partial charge >= 0.3 is 0 Å². The van der Waals surface area contributed by atoms with Crippen molar-refractivity contribution in [1.82, 2.24) is 4.98 Å². The molecule has 0 bridgehead atoms. The van der Waals surface area contributed by atoms with Crippen LogP contribution < -0.4 is 5.56 Å². The molecule has 0 fully saturated rings. The van der Waals surface area contributed by atoms with Crippen molar-refractivity contribution in [1.29, 1.82) is 0 Å². The molecule has 0 aliphatic heterocycles. The molecule has 1 heterocycles. The van der Waals surface area contributed by atoms with Gasteiger partial charge in [-0.05, 0) is 61.0 Å². The van der Waals surface area contributed by atoms with Gasteiger partial charge in [-0.15, -0.1) is 0 Å². The standard InChI is InChI=1S/C19H18N2O/c1-12-7-8-17(9-14(12)3)20-11-16-10-15-6-4-5-13(2)18(15)21-19(16)22/h4-11H,1-3H3,(H,21,22). The Morgan fingerprint density at radius 2 is 1.77 bits per heavy atom. The number of aromatic nitrogens is 1. The number of aromatic amines is 1. The molecule has 3 heteroatoms. The second-order valence-electron chi connectivity index (χ2n) is 5.62. The summed E-state index contributed by atoms with van der Waals surface area (Å²) in [7, 11) is 0. The summed E-state index contributed by atoms with van der Waals surface area (Å²) < 4.78 is 0. The summed E-state index contributed by atoms with van der Waals surface area (Å²) in [6, 6.07) is 13.9. The van der Waals surface area contributed by atoms with Gasteiger partial charge in [-0.3, -0.25) is 9.79 Å². The Kier molecular flexibility index (Phi) is 3.63. The van der Waals surface area contributed by atoms with E-state index in [-0.39, 0.29) is 5.56 Å². The van der Waals surface area contributed by atoms with Crippen LogP contribution in [0, 0.1) is 20.8 Å². The van der Waals surface area contributed by atoms with Gasteiger partial charge in [-0.25, -0.2) is 0 Å². The molecule has 0 atom stereocenters. The maximum absolute atomic E-state index is 12.2. The lowest BCUT2D eigenvalue weighted by atomic mass is 10.1. The fourth-order valence-electron chi connectivity index (χ4n) is 2.45. The van der Waals surface area contributed by atoms with Crippen LogP contribution in [0.5, 0.6) is 0 Å². The van der Waals surface area contributed by atoms with E-state index in [0.717, 1.165) is 22.2 Å². The van der Waals surface area contributed by atoms with Gasteiger partial charge in [0.1, 0.15) is 0 Å². The zero-order valence-electron chi connectivity index (χ0n) is 13.0. The first-order chi connectivity index (χ1) is 10.5. The second-order valence-corrected chi connectivity index (χ2v) is 5.62. The Hall–Kier alpha value is -2.68. The second kappa shape index (κ2) is 5.60. The van der Waals surface area contributed by atoms with Crippen LogP contribution in [0.2, 0.25) is 0 Å². The van der Waals surface area contributed by atoms with Gasteiger partial charge in [-0.2, -0.15) is 0 Å². The summed E-state index contributed by atoms with van der Waals surface area (Å²) in [5.41, 5.74) is 5.68. The van der Waals surface area contributed by atoms with E-state index in [1.165, 1.54) is 11.1 Å². The van der Waals surface area contributed by atoms with Crippen LogP contribution in [0.25, 0.3) is 10.9 Å². The van der Waals surface area contributed by atoms with Gasteiger partial charge < -0.3 is 4.98 Å². The number of aliphatic imine (C=N–C) groups is 1. The molecule has 0 aliphatic rings. The number of pyridine rings is 1. The van der Waals surface area contributed by atoms with E-state index in [1.807, 2.05) is 49.4 Å². The molecule has 1 aromatic heterocycles. The van der Waals surface area contributed by atoms with Gasteiger partial charge in [-0.1, -0.05) is 24.3 Å². The number of hydrogen-bond donors (Lipinski definition) is 1. The van der Waals surface area contributed by atoms with Crippen molar-refractivity contribution in [2.24, 2.45) is 4.99 Å². The van der Waals surface area contributed by atoms with Crippen molar-refractivity contribution < 1.29 is 0 Å². The first-order valence-corrected chi connectivity index (χ1v) is 7.28. The molecule has 0 spiro atoms. The summed E-state index contributed by atoms with van der Waals surface area (Å²) in [4.78, 5) is 19.5. The highest BCUT2D eigenvalue weighted by atomic mass is 16.1. The maximum Gasteiger partial charge on any atom is 0.257 e. The van der Waals surface area contributed by atoms with Gasteiger partial charge in [0.25, 0.3) is 5.56 Å². The number of H-pyrrole nitrogens is 1. The molecule has 2 aromatic carbocycles. The maximum atomic E-state index is 12.2. The summed E-state index contributed by atoms with van der Waals surface area (Å²) in [5, 5.41) is 1.01. The van der Waals surface area contributed by atoms with E-state index >= 15 is 0 Å². The molecule has 0 amide bonds. The number of rotatable bonds is 2. The molecule has 0 unspecified atom stereocenters. The van der Waals surface area contributed by atoms with Crippen LogP contribution in [0.15, 0.2) is 52.3 Å². The van der Waals surface area contributed by atoms with E-state index < -0.39 is 0 Å². The SMILES string of the molecule is Cc1ccc(N=Cc2cc3cccc(C)c3[nH]c2=O)cc1C. The molecule has 0 radical (unpaired) electrons. The molecule has 3 nitrogen and oxygen atoms in total. The lowest BCUT2D eigenvalue weighted by Crippen LogP contribution is -2.12. The van der Waals surface area contributed by atoms with Crippen molar-refractivity contribution in [3.8, 4) is 0 Å². The molecule has 3 rings (SSSR count). The molecule has 110 valence electrons. The lowest BCUT2D eigenvalue weighted by molar-refractivity contribution is 1.27. The predicted molar refractivity (Wildman–Crippen MR) is 92.5 cm³/mol. The summed E-state index contributed by atoms with van der Waals surface area (Å²) in [5.74, 6) is 0. The highest BCUT2D eigenvalue weighted by Gasteiger charge is 2.03. The topological polar surface area (TPSA) is 45.2 Å². The van der Waals surface area contributed by atoms with Crippen LogP contribution in [0.4, 0.5) is 5.69 Å². The van der Waals surface area contributed by atoms with Crippen LogP contribution in [0.1, 0.15) is 22.3 Å². The molecule has 0 saturated carbocycles. The Bertz CT molecular complexity index is 936. The van der Waals surface area contributed by atoms with Crippen molar-refractivity contribution in [2.75, 3.05) is 0 Å². The van der Waals surface area contributed by atoms with Gasteiger partial charge in [0, 0.05) is 6.21 Å². The quantitative estimate of drug-likeness (QED) is 0.706. The smallest absolute Gasteiger partial charge is 0.257 e. The van der Waals surface area contributed by atoms with E-state index in [0.29, 0.717) is 5.56 Å². The third kappa shape index (κ3) is 2.70. The minimum absolute atomic E-state index is 0.116.